The largest absolute Gasteiger partial charge is 0.456 e. The molecule has 3 heteroatoms. The van der Waals surface area contributed by atoms with Crippen LogP contribution in [0.15, 0.2) is 162 Å². The summed E-state index contributed by atoms with van der Waals surface area (Å²) in [4.78, 5) is 7.26. The Morgan fingerprint density at radius 1 is 0.432 bits per heavy atom. The second kappa shape index (κ2) is 9.82. The molecule has 44 heavy (non-hydrogen) atoms. The van der Waals surface area contributed by atoms with E-state index in [1.165, 1.54) is 43.4 Å². The molecule has 0 saturated carbocycles. The summed E-state index contributed by atoms with van der Waals surface area (Å²) in [6.07, 6.45) is 1.84. The Balaban J connectivity index is 1.29. The molecule has 0 aliphatic heterocycles. The molecule has 0 spiro atoms. The van der Waals surface area contributed by atoms with Gasteiger partial charge in [0.1, 0.15) is 17.0 Å². The fourth-order valence-electron chi connectivity index (χ4n) is 6.61. The molecule has 0 bridgehead atoms. The van der Waals surface area contributed by atoms with Crippen molar-refractivity contribution in [3.05, 3.63) is 158 Å². The highest BCUT2D eigenvalue weighted by molar-refractivity contribution is 6.20. The maximum absolute atomic E-state index is 6.28. The van der Waals surface area contributed by atoms with Crippen molar-refractivity contribution in [3.63, 3.8) is 0 Å². The van der Waals surface area contributed by atoms with Crippen molar-refractivity contribution in [1.29, 1.82) is 0 Å². The van der Waals surface area contributed by atoms with Crippen molar-refractivity contribution in [2.24, 2.45) is 0 Å². The lowest BCUT2D eigenvalue weighted by molar-refractivity contribution is 0.668. The van der Waals surface area contributed by atoms with Crippen LogP contribution in [-0.2, 0) is 0 Å². The Morgan fingerprint density at radius 3 is 1.95 bits per heavy atom. The number of furan rings is 1. The first kappa shape index (κ1) is 24.6. The number of rotatable bonds is 4. The minimum atomic E-state index is 0.820. The smallest absolute Gasteiger partial charge is 0.149 e. The number of hydrogen-bond donors (Lipinski definition) is 0. The van der Waals surface area contributed by atoms with E-state index < -0.39 is 0 Å². The van der Waals surface area contributed by atoms with Gasteiger partial charge in [-0.2, -0.15) is 0 Å². The van der Waals surface area contributed by atoms with E-state index in [1.54, 1.807) is 0 Å². The Morgan fingerprint density at radius 2 is 1.09 bits per heavy atom. The fourth-order valence-corrected chi connectivity index (χ4v) is 6.61. The highest BCUT2D eigenvalue weighted by atomic mass is 16.3. The van der Waals surface area contributed by atoms with Gasteiger partial charge in [0.05, 0.1) is 5.39 Å². The first-order valence-corrected chi connectivity index (χ1v) is 14.9. The van der Waals surface area contributed by atoms with Gasteiger partial charge in [0.2, 0.25) is 0 Å². The van der Waals surface area contributed by atoms with Crippen LogP contribution in [0.5, 0.6) is 0 Å². The minimum Gasteiger partial charge on any atom is -0.456 e. The highest BCUT2D eigenvalue weighted by Crippen LogP contribution is 2.43. The van der Waals surface area contributed by atoms with Gasteiger partial charge in [-0.25, -0.2) is 4.98 Å². The molecule has 0 unspecified atom stereocenters. The molecule has 0 atom stereocenters. The Labute approximate surface area is 254 Å². The third-order valence-corrected chi connectivity index (χ3v) is 8.68. The molecule has 0 aliphatic carbocycles. The second-order valence-corrected chi connectivity index (χ2v) is 11.2. The van der Waals surface area contributed by atoms with Crippen molar-refractivity contribution >= 4 is 71.4 Å². The summed E-state index contributed by atoms with van der Waals surface area (Å²) < 4.78 is 6.28. The van der Waals surface area contributed by atoms with E-state index in [0.717, 1.165) is 39.1 Å². The SMILES string of the molecule is c1ccc(-c2ccc(N(c3ccc4c(ccc5ccc6ccccc6c54)c3)c3nccc4oc5ccccc5c34)cc2)cc1. The Kier molecular flexibility index (Phi) is 5.50. The van der Waals surface area contributed by atoms with Crippen molar-refractivity contribution in [1.82, 2.24) is 4.98 Å². The summed E-state index contributed by atoms with van der Waals surface area (Å²) in [5, 5.41) is 9.52. The predicted octanol–water partition coefficient (Wildman–Crippen LogP) is 11.6. The van der Waals surface area contributed by atoms with Gasteiger partial charge in [-0.3, -0.25) is 4.90 Å². The summed E-state index contributed by atoms with van der Waals surface area (Å²) in [5.41, 5.74) is 6.10. The molecule has 0 amide bonds. The average Bonchev–Trinajstić information content (AvgIpc) is 3.48. The molecule has 3 nitrogen and oxygen atoms in total. The quantitative estimate of drug-likeness (QED) is 0.200. The number of benzene rings is 7. The lowest BCUT2D eigenvalue weighted by Gasteiger charge is -2.25. The molecule has 2 aromatic heterocycles. The van der Waals surface area contributed by atoms with Gasteiger partial charge in [0.15, 0.2) is 0 Å². The van der Waals surface area contributed by atoms with E-state index in [4.69, 9.17) is 9.40 Å². The van der Waals surface area contributed by atoms with Crippen molar-refractivity contribution in [2.75, 3.05) is 4.90 Å². The molecule has 7 aromatic carbocycles. The number of pyridine rings is 1. The van der Waals surface area contributed by atoms with Gasteiger partial charge in [-0.15, -0.1) is 0 Å². The number of nitrogens with zero attached hydrogens (tertiary/aromatic N) is 2. The molecule has 0 aliphatic rings. The Hall–Kier alpha value is -5.93. The lowest BCUT2D eigenvalue weighted by Crippen LogP contribution is -2.12. The van der Waals surface area contributed by atoms with Crippen LogP contribution in [0.4, 0.5) is 17.2 Å². The summed E-state index contributed by atoms with van der Waals surface area (Å²) in [6.45, 7) is 0. The van der Waals surface area contributed by atoms with Gasteiger partial charge >= 0.3 is 0 Å². The number of hydrogen-bond acceptors (Lipinski definition) is 3. The standard InChI is InChI=1S/C41H26N2O/c1-2-8-27(9-3-1)28-18-20-32(21-19-28)43(41-40-36-12-6-7-13-37(36)44-38(40)24-25-42-41)33-22-23-35-31(26-33)17-16-30-15-14-29-10-4-5-11-34(29)39(30)35/h1-26H. The Bertz CT molecular complexity index is 2490. The molecular formula is C41H26N2O. The molecule has 0 radical (unpaired) electrons. The first-order valence-electron chi connectivity index (χ1n) is 14.9. The van der Waals surface area contributed by atoms with Gasteiger partial charge < -0.3 is 4.42 Å². The molecule has 0 N–H and O–H groups in total. The van der Waals surface area contributed by atoms with E-state index in [1.807, 2.05) is 30.5 Å². The van der Waals surface area contributed by atoms with Crippen molar-refractivity contribution < 1.29 is 4.42 Å². The van der Waals surface area contributed by atoms with Crippen molar-refractivity contribution in [3.8, 4) is 11.1 Å². The van der Waals surface area contributed by atoms with Crippen LogP contribution in [-0.4, -0.2) is 4.98 Å². The van der Waals surface area contributed by atoms with Gasteiger partial charge in [-0.1, -0.05) is 115 Å². The van der Waals surface area contributed by atoms with Crippen molar-refractivity contribution in [2.45, 2.75) is 0 Å². The molecule has 2 heterocycles. The number of aromatic nitrogens is 1. The molecular weight excluding hydrogens is 536 g/mol. The first-order chi connectivity index (χ1) is 21.8. The zero-order valence-corrected chi connectivity index (χ0v) is 23.8. The van der Waals surface area contributed by atoms with Crippen LogP contribution in [0.25, 0.3) is 65.4 Å². The lowest BCUT2D eigenvalue weighted by atomic mass is 9.96. The van der Waals surface area contributed by atoms with Crippen LogP contribution in [0.1, 0.15) is 0 Å². The van der Waals surface area contributed by atoms with Gasteiger partial charge in [0, 0.05) is 23.0 Å². The molecule has 206 valence electrons. The third-order valence-electron chi connectivity index (χ3n) is 8.68. The van der Waals surface area contributed by atoms with Crippen LogP contribution < -0.4 is 4.90 Å². The number of para-hydroxylation sites is 1. The number of fused-ring (bicyclic) bond motifs is 8. The zero-order chi connectivity index (χ0) is 29.0. The predicted molar refractivity (Wildman–Crippen MR) is 184 cm³/mol. The van der Waals surface area contributed by atoms with E-state index in [0.29, 0.717) is 0 Å². The molecule has 0 saturated heterocycles. The third kappa shape index (κ3) is 3.87. The maximum Gasteiger partial charge on any atom is 0.149 e. The highest BCUT2D eigenvalue weighted by Gasteiger charge is 2.21. The summed E-state index contributed by atoms with van der Waals surface area (Å²) >= 11 is 0. The molecule has 0 fully saturated rings. The fraction of sp³-hybridized carbons (Fsp3) is 0. The van der Waals surface area contributed by atoms with Gasteiger partial charge in [0.25, 0.3) is 0 Å². The summed E-state index contributed by atoms with van der Waals surface area (Å²) in [7, 11) is 0. The average molecular weight is 563 g/mol. The topological polar surface area (TPSA) is 29.3 Å². The monoisotopic (exact) mass is 562 g/mol. The van der Waals surface area contributed by atoms with Crippen LogP contribution >= 0.6 is 0 Å². The second-order valence-electron chi connectivity index (χ2n) is 11.2. The minimum absolute atomic E-state index is 0.820. The van der Waals surface area contributed by atoms with Crippen LogP contribution in [0.2, 0.25) is 0 Å². The van der Waals surface area contributed by atoms with Crippen LogP contribution in [0, 0.1) is 0 Å². The van der Waals surface area contributed by atoms with E-state index >= 15 is 0 Å². The zero-order valence-electron chi connectivity index (χ0n) is 23.8. The molecule has 9 rings (SSSR count). The van der Waals surface area contributed by atoms with Gasteiger partial charge in [-0.05, 0) is 79.8 Å². The summed E-state index contributed by atoms with van der Waals surface area (Å²) in [6, 6.07) is 53.7. The molecule has 9 aromatic rings. The van der Waals surface area contributed by atoms with E-state index in [2.05, 4.69) is 132 Å². The summed E-state index contributed by atoms with van der Waals surface area (Å²) in [5.74, 6) is 0.838. The number of anilines is 3. The van der Waals surface area contributed by atoms with E-state index in [-0.39, 0.29) is 0 Å². The maximum atomic E-state index is 6.28. The van der Waals surface area contributed by atoms with Crippen LogP contribution in [0.3, 0.4) is 0 Å². The van der Waals surface area contributed by atoms with E-state index in [9.17, 15) is 0 Å². The normalized spacial score (nSPS) is 11.6.